The summed E-state index contributed by atoms with van der Waals surface area (Å²) in [5, 5.41) is 17.3. The van der Waals surface area contributed by atoms with Crippen molar-refractivity contribution in [3.63, 3.8) is 0 Å². The minimum Gasteiger partial charge on any atom is -0.508 e. The van der Waals surface area contributed by atoms with Crippen LogP contribution in [0.25, 0.3) is 0 Å². The summed E-state index contributed by atoms with van der Waals surface area (Å²) in [6.07, 6.45) is 3.28. The van der Waals surface area contributed by atoms with Crippen molar-refractivity contribution in [2.24, 2.45) is 0 Å². The number of phenolic OH excluding ortho intramolecular Hbond substituents is 1. The fraction of sp³-hybridized carbons (Fsp3) is 0.462. The molecule has 1 aromatic rings. The van der Waals surface area contributed by atoms with Gasteiger partial charge in [-0.25, -0.2) is 0 Å². The molecule has 0 saturated heterocycles. The molecule has 0 aliphatic heterocycles. The van der Waals surface area contributed by atoms with Gasteiger partial charge in [-0.1, -0.05) is 38.8 Å². The summed E-state index contributed by atoms with van der Waals surface area (Å²) in [5.74, 6) is -0.600. The number of hydrogen-bond acceptors (Lipinski definition) is 2. The molecule has 2 N–H and O–H groups in total. The quantitative estimate of drug-likeness (QED) is 0.825. The van der Waals surface area contributed by atoms with Crippen molar-refractivity contribution >= 4 is 5.97 Å². The van der Waals surface area contributed by atoms with E-state index in [1.807, 2.05) is 0 Å². The van der Waals surface area contributed by atoms with Crippen LogP contribution in [0.3, 0.4) is 0 Å². The van der Waals surface area contributed by atoms with E-state index in [0.717, 1.165) is 5.56 Å². The zero-order valence-electron chi connectivity index (χ0n) is 9.94. The molecule has 3 nitrogen and oxygen atoms in total. The summed E-state index contributed by atoms with van der Waals surface area (Å²) in [4.78, 5) is 10.2. The maximum atomic E-state index is 10.2. The standard InChI is InChI=1S/C9H10O3.C4H10/c10-8-4-1-7(2-5-8)3-6-9(11)12;1-3-4-2/h1-2,4-5,10H,3,6H2,(H,11,12);3-4H2,1-2H3. The molecular weight excluding hydrogens is 204 g/mol. The normalized spacial score (nSPS) is 9.12. The summed E-state index contributed by atoms with van der Waals surface area (Å²) in [5.41, 5.74) is 0.926. The van der Waals surface area contributed by atoms with Crippen LogP contribution in [0.2, 0.25) is 0 Å². The van der Waals surface area contributed by atoms with Crippen LogP contribution in [-0.4, -0.2) is 16.2 Å². The van der Waals surface area contributed by atoms with E-state index >= 15 is 0 Å². The number of aromatic hydroxyl groups is 1. The van der Waals surface area contributed by atoms with Crippen molar-refractivity contribution in [1.29, 1.82) is 0 Å². The van der Waals surface area contributed by atoms with Crippen LogP contribution in [0.4, 0.5) is 0 Å². The Bertz CT molecular complexity index is 289. The molecule has 1 aromatic carbocycles. The maximum Gasteiger partial charge on any atom is 0.303 e. The molecule has 0 saturated carbocycles. The highest BCUT2D eigenvalue weighted by molar-refractivity contribution is 5.67. The number of carbonyl (C=O) groups is 1. The van der Waals surface area contributed by atoms with Crippen LogP contribution in [0.1, 0.15) is 38.7 Å². The second-order valence-corrected chi connectivity index (χ2v) is 3.56. The molecule has 0 aromatic heterocycles. The van der Waals surface area contributed by atoms with Gasteiger partial charge >= 0.3 is 5.97 Å². The zero-order valence-corrected chi connectivity index (χ0v) is 9.94. The summed E-state index contributed by atoms with van der Waals surface area (Å²) < 4.78 is 0. The average molecular weight is 224 g/mol. The zero-order chi connectivity index (χ0) is 12.4. The Morgan fingerprint density at radius 1 is 1.12 bits per heavy atom. The highest BCUT2D eigenvalue weighted by atomic mass is 16.4. The summed E-state index contributed by atoms with van der Waals surface area (Å²) in [6, 6.07) is 6.55. The van der Waals surface area contributed by atoms with Crippen molar-refractivity contribution in [1.82, 2.24) is 0 Å². The molecule has 0 radical (unpaired) electrons. The molecule has 0 bridgehead atoms. The number of aryl methyl sites for hydroxylation is 1. The second-order valence-electron chi connectivity index (χ2n) is 3.56. The molecule has 0 unspecified atom stereocenters. The molecular formula is C13H20O3. The predicted molar refractivity (Wildman–Crippen MR) is 64.6 cm³/mol. The van der Waals surface area contributed by atoms with Crippen molar-refractivity contribution in [3.05, 3.63) is 29.8 Å². The van der Waals surface area contributed by atoms with E-state index in [1.54, 1.807) is 24.3 Å². The Morgan fingerprint density at radius 2 is 1.62 bits per heavy atom. The first-order valence-corrected chi connectivity index (χ1v) is 5.59. The van der Waals surface area contributed by atoms with E-state index in [2.05, 4.69) is 13.8 Å². The number of rotatable bonds is 4. The molecule has 0 fully saturated rings. The minimum absolute atomic E-state index is 0.130. The van der Waals surface area contributed by atoms with Gasteiger partial charge in [0.05, 0.1) is 0 Å². The number of benzene rings is 1. The largest absolute Gasteiger partial charge is 0.508 e. The maximum absolute atomic E-state index is 10.2. The molecule has 1 rings (SSSR count). The SMILES string of the molecule is CCCC.O=C(O)CCc1ccc(O)cc1. The lowest BCUT2D eigenvalue weighted by Crippen LogP contribution is -1.96. The number of aliphatic carboxylic acids is 1. The Hall–Kier alpha value is -1.51. The molecule has 0 atom stereocenters. The van der Waals surface area contributed by atoms with Gasteiger partial charge in [-0.15, -0.1) is 0 Å². The van der Waals surface area contributed by atoms with E-state index in [4.69, 9.17) is 10.2 Å². The summed E-state index contributed by atoms with van der Waals surface area (Å²) in [6.45, 7) is 4.36. The van der Waals surface area contributed by atoms with Crippen LogP contribution >= 0.6 is 0 Å². The van der Waals surface area contributed by atoms with Crippen LogP contribution in [0.5, 0.6) is 5.75 Å². The summed E-state index contributed by atoms with van der Waals surface area (Å²) in [7, 11) is 0. The van der Waals surface area contributed by atoms with E-state index in [9.17, 15) is 4.79 Å². The van der Waals surface area contributed by atoms with Crippen LogP contribution in [0, 0.1) is 0 Å². The Labute approximate surface area is 96.7 Å². The third kappa shape index (κ3) is 7.85. The lowest BCUT2D eigenvalue weighted by atomic mass is 10.1. The molecule has 0 spiro atoms. The van der Waals surface area contributed by atoms with Gasteiger partial charge in [0.25, 0.3) is 0 Å². The van der Waals surface area contributed by atoms with Gasteiger partial charge in [-0.2, -0.15) is 0 Å². The number of phenols is 1. The van der Waals surface area contributed by atoms with Crippen molar-refractivity contribution in [2.75, 3.05) is 0 Å². The van der Waals surface area contributed by atoms with E-state index < -0.39 is 5.97 Å². The Balaban J connectivity index is 0.000000487. The Kier molecular flexibility index (Phi) is 7.94. The van der Waals surface area contributed by atoms with Gasteiger partial charge in [-0.3, -0.25) is 4.79 Å². The fourth-order valence-corrected chi connectivity index (χ4v) is 0.914. The van der Waals surface area contributed by atoms with Gasteiger partial charge in [0.2, 0.25) is 0 Å². The number of hydrogen-bond donors (Lipinski definition) is 2. The molecule has 0 aliphatic rings. The van der Waals surface area contributed by atoms with E-state index in [0.29, 0.717) is 6.42 Å². The monoisotopic (exact) mass is 224 g/mol. The third-order valence-corrected chi connectivity index (χ3v) is 2.06. The van der Waals surface area contributed by atoms with Crippen molar-refractivity contribution in [3.8, 4) is 5.75 Å². The third-order valence-electron chi connectivity index (χ3n) is 2.06. The fourth-order valence-electron chi connectivity index (χ4n) is 0.914. The molecule has 3 heteroatoms. The topological polar surface area (TPSA) is 57.5 Å². The van der Waals surface area contributed by atoms with Gasteiger partial charge in [0.1, 0.15) is 5.75 Å². The smallest absolute Gasteiger partial charge is 0.303 e. The minimum atomic E-state index is -0.803. The van der Waals surface area contributed by atoms with Crippen LogP contribution in [-0.2, 0) is 11.2 Å². The first-order valence-electron chi connectivity index (χ1n) is 5.59. The molecule has 0 aliphatic carbocycles. The van der Waals surface area contributed by atoms with Crippen molar-refractivity contribution < 1.29 is 15.0 Å². The van der Waals surface area contributed by atoms with Gasteiger partial charge in [0, 0.05) is 6.42 Å². The lowest BCUT2D eigenvalue weighted by Gasteiger charge is -1.97. The first-order chi connectivity index (χ1) is 7.60. The van der Waals surface area contributed by atoms with Crippen molar-refractivity contribution in [2.45, 2.75) is 39.5 Å². The molecule has 16 heavy (non-hydrogen) atoms. The second kappa shape index (κ2) is 8.77. The summed E-state index contributed by atoms with van der Waals surface area (Å²) >= 11 is 0. The number of unbranched alkanes of at least 4 members (excludes halogenated alkanes) is 1. The molecule has 90 valence electrons. The Morgan fingerprint density at radius 3 is 2.00 bits per heavy atom. The highest BCUT2D eigenvalue weighted by Gasteiger charge is 1.98. The molecule has 0 heterocycles. The predicted octanol–water partition coefficient (Wildman–Crippen LogP) is 3.22. The average Bonchev–Trinajstić information content (AvgIpc) is 2.28. The lowest BCUT2D eigenvalue weighted by molar-refractivity contribution is -0.136. The van der Waals surface area contributed by atoms with Gasteiger partial charge in [0.15, 0.2) is 0 Å². The number of carboxylic acids is 1. The van der Waals surface area contributed by atoms with E-state index in [-0.39, 0.29) is 12.2 Å². The van der Waals surface area contributed by atoms with E-state index in [1.165, 1.54) is 12.8 Å². The molecule has 0 amide bonds. The number of carboxylic acid groups (broad SMARTS) is 1. The highest BCUT2D eigenvalue weighted by Crippen LogP contribution is 2.10. The van der Waals surface area contributed by atoms with Crippen LogP contribution in [0.15, 0.2) is 24.3 Å². The first kappa shape index (κ1) is 14.5. The van der Waals surface area contributed by atoms with Gasteiger partial charge < -0.3 is 10.2 Å². The van der Waals surface area contributed by atoms with Crippen LogP contribution < -0.4 is 0 Å². The van der Waals surface area contributed by atoms with Gasteiger partial charge in [-0.05, 0) is 24.1 Å².